The summed E-state index contributed by atoms with van der Waals surface area (Å²) in [5, 5.41) is 10.0. The Bertz CT molecular complexity index is 582. The highest BCUT2D eigenvalue weighted by Crippen LogP contribution is 2.22. The molecule has 2 aromatic rings. The first kappa shape index (κ1) is 15.5. The summed E-state index contributed by atoms with van der Waals surface area (Å²) in [5.74, 6) is -0.215. The first-order valence-electron chi connectivity index (χ1n) is 6.85. The number of benzene rings is 1. The molecule has 1 atom stereocenters. The van der Waals surface area contributed by atoms with Crippen LogP contribution in [0.2, 0.25) is 0 Å². The second kappa shape index (κ2) is 6.24. The molecule has 0 radical (unpaired) electrons. The second-order valence-corrected chi connectivity index (χ2v) is 5.90. The predicted octanol–water partition coefficient (Wildman–Crippen LogP) is 2.49. The van der Waals surface area contributed by atoms with Crippen molar-refractivity contribution >= 4 is 17.1 Å². The van der Waals surface area contributed by atoms with Crippen LogP contribution >= 0.6 is 0 Å². The molecular weight excluding hydrogens is 272 g/mol. The molecule has 1 unspecified atom stereocenters. The van der Waals surface area contributed by atoms with E-state index in [9.17, 15) is 9.90 Å². The van der Waals surface area contributed by atoms with Gasteiger partial charge in [0.15, 0.2) is 5.58 Å². The Morgan fingerprint density at radius 3 is 2.81 bits per heavy atom. The lowest BCUT2D eigenvalue weighted by Crippen LogP contribution is -2.37. The van der Waals surface area contributed by atoms with E-state index in [0.717, 1.165) is 0 Å². The van der Waals surface area contributed by atoms with Gasteiger partial charge < -0.3 is 14.4 Å². The van der Waals surface area contributed by atoms with Crippen LogP contribution in [0.1, 0.15) is 45.6 Å². The second-order valence-electron chi connectivity index (χ2n) is 5.90. The highest BCUT2D eigenvalue weighted by Gasteiger charge is 2.18. The Hall–Kier alpha value is -1.92. The fraction of sp³-hybridized carbons (Fsp3) is 0.467. The monoisotopic (exact) mass is 292 g/mol. The van der Waals surface area contributed by atoms with Crippen LogP contribution in [-0.4, -0.2) is 21.6 Å². The number of carbonyl (C=O) groups excluding carboxylic acids is 1. The maximum Gasteiger partial charge on any atom is 0.324 e. The number of oxazole rings is 1. The van der Waals surface area contributed by atoms with Gasteiger partial charge in [0, 0.05) is 5.54 Å². The molecule has 6 heteroatoms. The molecule has 2 rings (SSSR count). The van der Waals surface area contributed by atoms with Crippen LogP contribution in [0.3, 0.4) is 0 Å². The maximum absolute atomic E-state index is 11.6. The van der Waals surface area contributed by atoms with Gasteiger partial charge >= 0.3 is 5.97 Å². The van der Waals surface area contributed by atoms with E-state index < -0.39 is 12.1 Å². The number of carbonyl (C=O) groups is 1. The van der Waals surface area contributed by atoms with Crippen molar-refractivity contribution in [2.24, 2.45) is 0 Å². The van der Waals surface area contributed by atoms with Crippen molar-refractivity contribution < 1.29 is 19.2 Å². The van der Waals surface area contributed by atoms with Gasteiger partial charge in [-0.15, -0.1) is 5.48 Å². The summed E-state index contributed by atoms with van der Waals surface area (Å²) in [4.78, 5) is 20.6. The van der Waals surface area contributed by atoms with E-state index in [-0.39, 0.29) is 24.3 Å². The van der Waals surface area contributed by atoms with Crippen LogP contribution in [-0.2, 0) is 9.63 Å². The smallest absolute Gasteiger partial charge is 0.324 e. The van der Waals surface area contributed by atoms with E-state index in [0.29, 0.717) is 11.1 Å². The van der Waals surface area contributed by atoms with Crippen LogP contribution in [0.15, 0.2) is 28.7 Å². The highest BCUT2D eigenvalue weighted by atomic mass is 16.7. The van der Waals surface area contributed by atoms with Crippen LogP contribution < -0.4 is 5.48 Å². The summed E-state index contributed by atoms with van der Waals surface area (Å²) in [6.45, 7) is 5.65. The molecule has 21 heavy (non-hydrogen) atoms. The number of nitrogens with zero attached hydrogens (tertiary/aromatic N) is 1. The first-order valence-corrected chi connectivity index (χ1v) is 6.85. The van der Waals surface area contributed by atoms with E-state index >= 15 is 0 Å². The van der Waals surface area contributed by atoms with Crippen molar-refractivity contribution in [1.82, 2.24) is 10.5 Å². The number of rotatable bonds is 5. The Morgan fingerprint density at radius 2 is 2.14 bits per heavy atom. The van der Waals surface area contributed by atoms with Crippen LogP contribution in [0.4, 0.5) is 0 Å². The molecule has 0 bridgehead atoms. The molecule has 114 valence electrons. The molecule has 0 aliphatic rings. The Balaban J connectivity index is 1.86. The van der Waals surface area contributed by atoms with Gasteiger partial charge in [0.05, 0.1) is 6.42 Å². The minimum Gasteiger partial charge on any atom is -0.438 e. The number of fused-ring (bicyclic) bond motifs is 1. The number of aromatic nitrogens is 1. The normalized spacial score (nSPS) is 13.3. The van der Waals surface area contributed by atoms with Crippen molar-refractivity contribution in [3.8, 4) is 0 Å². The van der Waals surface area contributed by atoms with Gasteiger partial charge in [0.1, 0.15) is 11.6 Å². The fourth-order valence-electron chi connectivity index (χ4n) is 1.67. The number of hydrogen-bond donors (Lipinski definition) is 2. The molecule has 0 saturated carbocycles. The third-order valence-corrected chi connectivity index (χ3v) is 2.69. The zero-order valence-corrected chi connectivity index (χ0v) is 12.4. The maximum atomic E-state index is 11.6. The molecule has 6 nitrogen and oxygen atoms in total. The number of hydroxylamine groups is 1. The van der Waals surface area contributed by atoms with Gasteiger partial charge in [-0.1, -0.05) is 12.1 Å². The average Bonchev–Trinajstić information content (AvgIpc) is 2.85. The number of para-hydroxylation sites is 2. The molecule has 1 aromatic heterocycles. The minimum atomic E-state index is -0.931. The zero-order valence-electron chi connectivity index (χ0n) is 12.4. The van der Waals surface area contributed by atoms with E-state index in [1.54, 1.807) is 12.1 Å². The predicted molar refractivity (Wildman–Crippen MR) is 77.2 cm³/mol. The van der Waals surface area contributed by atoms with Crippen molar-refractivity contribution in [2.45, 2.75) is 45.3 Å². The number of aliphatic hydroxyl groups excluding tert-OH is 1. The molecule has 1 aromatic carbocycles. The zero-order chi connectivity index (χ0) is 15.5. The third-order valence-electron chi connectivity index (χ3n) is 2.69. The van der Waals surface area contributed by atoms with Gasteiger partial charge in [-0.2, -0.15) is 0 Å². The van der Waals surface area contributed by atoms with Gasteiger partial charge in [-0.3, -0.25) is 4.79 Å². The SMILES string of the molecule is CC(C)(C)NOC(=O)CCC(O)c1nc2ccccc2o1. The van der Waals surface area contributed by atoms with Crippen molar-refractivity contribution in [1.29, 1.82) is 0 Å². The van der Waals surface area contributed by atoms with Gasteiger partial charge in [0.2, 0.25) is 5.89 Å². The summed E-state index contributed by atoms with van der Waals surface area (Å²) in [7, 11) is 0. The minimum absolute atomic E-state index is 0.0724. The lowest BCUT2D eigenvalue weighted by Gasteiger charge is -2.19. The quantitative estimate of drug-likeness (QED) is 0.824. The topological polar surface area (TPSA) is 84.6 Å². The lowest BCUT2D eigenvalue weighted by atomic mass is 10.1. The van der Waals surface area contributed by atoms with Crippen molar-refractivity contribution in [3.63, 3.8) is 0 Å². The molecular formula is C15H20N2O4. The molecule has 0 amide bonds. The fourth-order valence-corrected chi connectivity index (χ4v) is 1.67. The molecule has 1 heterocycles. The first-order chi connectivity index (χ1) is 9.85. The summed E-state index contributed by atoms with van der Waals surface area (Å²) < 4.78 is 5.45. The van der Waals surface area contributed by atoms with Crippen LogP contribution in [0.5, 0.6) is 0 Å². The average molecular weight is 292 g/mol. The van der Waals surface area contributed by atoms with Gasteiger partial charge in [-0.25, -0.2) is 4.98 Å². The Labute approximate surface area is 123 Å². The van der Waals surface area contributed by atoms with Crippen molar-refractivity contribution in [3.05, 3.63) is 30.2 Å². The molecule has 2 N–H and O–H groups in total. The van der Waals surface area contributed by atoms with Crippen molar-refractivity contribution in [2.75, 3.05) is 0 Å². The summed E-state index contributed by atoms with van der Waals surface area (Å²) in [6, 6.07) is 7.26. The van der Waals surface area contributed by atoms with E-state index in [4.69, 9.17) is 9.25 Å². The number of hydrogen-bond acceptors (Lipinski definition) is 6. The van der Waals surface area contributed by atoms with Gasteiger partial charge in [-0.05, 0) is 39.3 Å². The van der Waals surface area contributed by atoms with E-state index in [1.807, 2.05) is 32.9 Å². The third kappa shape index (κ3) is 4.54. The summed E-state index contributed by atoms with van der Waals surface area (Å²) in [6.07, 6.45) is -0.667. The summed E-state index contributed by atoms with van der Waals surface area (Å²) in [5.41, 5.74) is 3.62. The molecule has 0 saturated heterocycles. The molecule has 0 aliphatic heterocycles. The molecule has 0 aliphatic carbocycles. The van der Waals surface area contributed by atoms with Crippen LogP contribution in [0, 0.1) is 0 Å². The molecule has 0 spiro atoms. The van der Waals surface area contributed by atoms with E-state index in [2.05, 4.69) is 10.5 Å². The largest absolute Gasteiger partial charge is 0.438 e. The number of nitrogens with one attached hydrogen (secondary N) is 1. The highest BCUT2D eigenvalue weighted by molar-refractivity contribution is 5.72. The van der Waals surface area contributed by atoms with E-state index in [1.165, 1.54) is 0 Å². The number of aliphatic hydroxyl groups is 1. The molecule has 0 fully saturated rings. The van der Waals surface area contributed by atoms with Gasteiger partial charge in [0.25, 0.3) is 0 Å². The lowest BCUT2D eigenvalue weighted by molar-refractivity contribution is -0.155. The Morgan fingerprint density at radius 1 is 1.43 bits per heavy atom. The summed E-state index contributed by atoms with van der Waals surface area (Å²) >= 11 is 0. The van der Waals surface area contributed by atoms with Crippen LogP contribution in [0.25, 0.3) is 11.1 Å². The Kier molecular flexibility index (Phi) is 4.59. The standard InChI is InChI=1S/C15H20N2O4/c1-15(2,3)17-21-13(19)9-8-11(18)14-16-10-6-4-5-7-12(10)20-14/h4-7,11,17-18H,8-9H2,1-3H3.